The quantitative estimate of drug-likeness (QED) is 0.806. The number of hydrogen-bond donors (Lipinski definition) is 2. The van der Waals surface area contributed by atoms with Crippen LogP contribution >= 0.6 is 0 Å². The average Bonchev–Trinajstić information content (AvgIpc) is 2.95. The Hall–Kier alpha value is -1.92. The molecular formula is C19H29N5O. The van der Waals surface area contributed by atoms with Gasteiger partial charge in [-0.1, -0.05) is 6.07 Å². The van der Waals surface area contributed by atoms with Crippen molar-refractivity contribution in [3.8, 4) is 0 Å². The first kappa shape index (κ1) is 17.9. The second-order valence-electron chi connectivity index (χ2n) is 6.86. The summed E-state index contributed by atoms with van der Waals surface area (Å²) in [6.07, 6.45) is 8.31. The smallest absolute Gasteiger partial charge is 0.128 e. The summed E-state index contributed by atoms with van der Waals surface area (Å²) in [5.41, 5.74) is 3.61. The van der Waals surface area contributed by atoms with Gasteiger partial charge in [0, 0.05) is 56.8 Å². The highest BCUT2D eigenvalue weighted by Crippen LogP contribution is 2.25. The summed E-state index contributed by atoms with van der Waals surface area (Å²) in [7, 11) is 1.96. The molecule has 0 saturated carbocycles. The molecule has 1 aliphatic heterocycles. The summed E-state index contributed by atoms with van der Waals surface area (Å²) < 4.78 is 1.90. The molecule has 2 aromatic rings. The minimum atomic E-state index is 0.247. The van der Waals surface area contributed by atoms with Gasteiger partial charge in [-0.2, -0.15) is 5.10 Å². The molecule has 3 heterocycles. The number of hydrogen-bond acceptors (Lipinski definition) is 5. The number of nitrogens with zero attached hydrogens (tertiary/aromatic N) is 4. The fourth-order valence-electron chi connectivity index (χ4n) is 3.50. The molecule has 6 heteroatoms. The summed E-state index contributed by atoms with van der Waals surface area (Å²) in [6.45, 7) is 4.97. The molecule has 6 nitrogen and oxygen atoms in total. The van der Waals surface area contributed by atoms with Crippen molar-refractivity contribution in [3.63, 3.8) is 0 Å². The Morgan fingerprint density at radius 2 is 2.12 bits per heavy atom. The molecule has 136 valence electrons. The number of anilines is 1. The highest BCUT2D eigenvalue weighted by atomic mass is 16.3. The fourth-order valence-corrected chi connectivity index (χ4v) is 3.50. The van der Waals surface area contributed by atoms with Crippen LogP contribution in [0.15, 0.2) is 24.5 Å². The molecule has 0 radical (unpaired) electrons. The van der Waals surface area contributed by atoms with E-state index in [2.05, 4.69) is 39.4 Å². The van der Waals surface area contributed by atoms with Crippen LogP contribution in [0.25, 0.3) is 0 Å². The molecule has 1 atom stereocenters. The van der Waals surface area contributed by atoms with Gasteiger partial charge in [-0.25, -0.2) is 4.98 Å². The van der Waals surface area contributed by atoms with Crippen molar-refractivity contribution in [2.45, 2.75) is 51.7 Å². The number of nitrogens with one attached hydrogen (secondary N) is 1. The van der Waals surface area contributed by atoms with Gasteiger partial charge in [0.25, 0.3) is 0 Å². The zero-order valence-corrected chi connectivity index (χ0v) is 15.3. The number of aliphatic hydroxyl groups excluding tert-OH is 1. The van der Waals surface area contributed by atoms with Gasteiger partial charge in [0.1, 0.15) is 5.82 Å². The maximum atomic E-state index is 9.28. The van der Waals surface area contributed by atoms with Crippen molar-refractivity contribution in [3.05, 3.63) is 41.3 Å². The van der Waals surface area contributed by atoms with Crippen LogP contribution in [0.2, 0.25) is 0 Å². The molecule has 0 amide bonds. The molecule has 0 aliphatic carbocycles. The van der Waals surface area contributed by atoms with E-state index in [-0.39, 0.29) is 6.61 Å². The van der Waals surface area contributed by atoms with E-state index in [9.17, 15) is 5.11 Å². The van der Waals surface area contributed by atoms with Crippen LogP contribution in [0, 0.1) is 6.92 Å². The predicted molar refractivity (Wildman–Crippen MR) is 99.4 cm³/mol. The maximum absolute atomic E-state index is 9.28. The first-order valence-corrected chi connectivity index (χ1v) is 9.19. The van der Waals surface area contributed by atoms with Gasteiger partial charge in [-0.15, -0.1) is 0 Å². The Morgan fingerprint density at radius 3 is 2.80 bits per heavy atom. The lowest BCUT2D eigenvalue weighted by atomic mass is 9.99. The monoisotopic (exact) mass is 343 g/mol. The van der Waals surface area contributed by atoms with Crippen molar-refractivity contribution >= 4 is 5.82 Å². The third-order valence-corrected chi connectivity index (χ3v) is 5.17. The average molecular weight is 343 g/mol. The van der Waals surface area contributed by atoms with Crippen molar-refractivity contribution in [1.29, 1.82) is 0 Å². The largest absolute Gasteiger partial charge is 0.396 e. The fraction of sp³-hybridized carbons (Fsp3) is 0.579. The predicted octanol–water partition coefficient (Wildman–Crippen LogP) is 2.15. The number of piperidine rings is 1. The summed E-state index contributed by atoms with van der Waals surface area (Å²) in [4.78, 5) is 7.03. The normalized spacial score (nSPS) is 17.9. The lowest BCUT2D eigenvalue weighted by Gasteiger charge is -2.36. The first-order valence-electron chi connectivity index (χ1n) is 9.19. The second-order valence-corrected chi connectivity index (χ2v) is 6.86. The van der Waals surface area contributed by atoms with Crippen molar-refractivity contribution < 1.29 is 5.11 Å². The minimum Gasteiger partial charge on any atom is -0.396 e. The topological polar surface area (TPSA) is 66.2 Å². The number of rotatable bonds is 7. The van der Waals surface area contributed by atoms with Gasteiger partial charge in [0.15, 0.2) is 0 Å². The molecule has 1 fully saturated rings. The van der Waals surface area contributed by atoms with Crippen LogP contribution < -0.4 is 10.2 Å². The van der Waals surface area contributed by atoms with Crippen molar-refractivity contribution in [2.75, 3.05) is 18.1 Å². The summed E-state index contributed by atoms with van der Waals surface area (Å²) >= 11 is 0. The molecule has 3 rings (SSSR count). The van der Waals surface area contributed by atoms with Gasteiger partial charge >= 0.3 is 0 Å². The molecule has 0 bridgehead atoms. The molecule has 1 saturated heterocycles. The van der Waals surface area contributed by atoms with Crippen LogP contribution in [0.5, 0.6) is 0 Å². The number of aromatic nitrogens is 3. The number of aryl methyl sites for hydroxylation is 1. The SMILES string of the molecule is Cc1c(CNCc2ccc(N3CCCC[C@@H]3CCO)nc2)cnn1C. The van der Waals surface area contributed by atoms with Crippen LogP contribution in [0.3, 0.4) is 0 Å². The number of pyridine rings is 1. The Kier molecular flexibility index (Phi) is 6.04. The lowest BCUT2D eigenvalue weighted by Crippen LogP contribution is -2.40. The van der Waals surface area contributed by atoms with E-state index in [1.54, 1.807) is 0 Å². The van der Waals surface area contributed by atoms with Gasteiger partial charge in [0.2, 0.25) is 0 Å². The van der Waals surface area contributed by atoms with Crippen LogP contribution in [0.1, 0.15) is 42.5 Å². The molecular weight excluding hydrogens is 314 g/mol. The van der Waals surface area contributed by atoms with Crippen LogP contribution in [-0.4, -0.2) is 39.1 Å². The Labute approximate surface area is 149 Å². The molecule has 2 aromatic heterocycles. The van der Waals surface area contributed by atoms with Gasteiger partial charge < -0.3 is 15.3 Å². The van der Waals surface area contributed by atoms with E-state index in [1.807, 2.05) is 24.1 Å². The van der Waals surface area contributed by atoms with E-state index < -0.39 is 0 Å². The lowest BCUT2D eigenvalue weighted by molar-refractivity contribution is 0.262. The van der Waals surface area contributed by atoms with E-state index in [1.165, 1.54) is 29.7 Å². The van der Waals surface area contributed by atoms with E-state index in [4.69, 9.17) is 0 Å². The molecule has 0 aromatic carbocycles. The van der Waals surface area contributed by atoms with E-state index in [0.29, 0.717) is 6.04 Å². The third kappa shape index (κ3) is 4.38. The molecule has 25 heavy (non-hydrogen) atoms. The minimum absolute atomic E-state index is 0.247. The van der Waals surface area contributed by atoms with Gasteiger partial charge in [-0.3, -0.25) is 4.68 Å². The highest BCUT2D eigenvalue weighted by molar-refractivity contribution is 5.41. The number of aliphatic hydroxyl groups is 1. The summed E-state index contributed by atoms with van der Waals surface area (Å²) in [5.74, 6) is 1.03. The molecule has 0 unspecified atom stereocenters. The third-order valence-electron chi connectivity index (χ3n) is 5.17. The Bertz CT molecular complexity index is 665. The van der Waals surface area contributed by atoms with Gasteiger partial charge in [-0.05, 0) is 44.2 Å². The zero-order chi connectivity index (χ0) is 17.6. The highest BCUT2D eigenvalue weighted by Gasteiger charge is 2.22. The second kappa shape index (κ2) is 8.45. The van der Waals surface area contributed by atoms with Crippen LogP contribution in [0.4, 0.5) is 5.82 Å². The first-order chi connectivity index (χ1) is 12.2. The summed E-state index contributed by atoms with van der Waals surface area (Å²) in [6, 6.07) is 4.68. The standard InChI is InChI=1S/C19H29N5O/c1-15-17(14-22-23(15)2)13-20-11-16-6-7-19(21-12-16)24-9-4-3-5-18(24)8-10-25/h6-7,12,14,18,20,25H,3-5,8-11,13H2,1-2H3/t18-/m1/s1. The molecule has 1 aliphatic rings. The van der Waals surface area contributed by atoms with Crippen molar-refractivity contribution in [1.82, 2.24) is 20.1 Å². The van der Waals surface area contributed by atoms with Crippen LogP contribution in [-0.2, 0) is 20.1 Å². The van der Waals surface area contributed by atoms with Crippen molar-refractivity contribution in [2.24, 2.45) is 7.05 Å². The summed E-state index contributed by atoms with van der Waals surface area (Å²) in [5, 5.41) is 17.0. The Morgan fingerprint density at radius 1 is 1.24 bits per heavy atom. The van der Waals surface area contributed by atoms with Gasteiger partial charge in [0.05, 0.1) is 6.20 Å². The van der Waals surface area contributed by atoms with E-state index >= 15 is 0 Å². The molecule has 2 N–H and O–H groups in total. The molecule has 0 spiro atoms. The van der Waals surface area contributed by atoms with E-state index in [0.717, 1.165) is 38.3 Å². The maximum Gasteiger partial charge on any atom is 0.128 e. The Balaban J connectivity index is 1.55. The zero-order valence-electron chi connectivity index (χ0n) is 15.3.